The molecule has 1 unspecified atom stereocenters. The summed E-state index contributed by atoms with van der Waals surface area (Å²) >= 11 is 4.56. The third-order valence-electron chi connectivity index (χ3n) is 4.54. The summed E-state index contributed by atoms with van der Waals surface area (Å²) < 4.78 is 0.407. The Hall–Kier alpha value is -3.31. The molecule has 156 valence electrons. The number of thiazole rings is 1. The molecule has 0 saturated heterocycles. The largest absolute Gasteiger partial charge is 0.282 e. The fourth-order valence-corrected chi connectivity index (χ4v) is 4.09. The highest BCUT2D eigenvalue weighted by molar-refractivity contribution is 9.10. The van der Waals surface area contributed by atoms with Crippen LogP contribution in [0.25, 0.3) is 11.3 Å². The Balaban J connectivity index is 1.53. The number of nitro groups is 1. The Morgan fingerprint density at radius 3 is 2.61 bits per heavy atom. The number of nitro benzene ring substituents is 1. The van der Waals surface area contributed by atoms with E-state index in [0.29, 0.717) is 21.0 Å². The zero-order chi connectivity index (χ0) is 22.1. The van der Waals surface area contributed by atoms with Crippen molar-refractivity contribution in [2.75, 3.05) is 5.01 Å². The van der Waals surface area contributed by atoms with Gasteiger partial charge in [0, 0.05) is 23.1 Å². The summed E-state index contributed by atoms with van der Waals surface area (Å²) in [4.78, 5) is 27.8. The zero-order valence-electron chi connectivity index (χ0n) is 16.4. The lowest BCUT2D eigenvalue weighted by molar-refractivity contribution is -0.384. The summed E-state index contributed by atoms with van der Waals surface area (Å²) in [6.45, 7) is 3.71. The van der Waals surface area contributed by atoms with Crippen molar-refractivity contribution in [1.82, 2.24) is 4.98 Å². The quantitative estimate of drug-likeness (QED) is 0.256. The summed E-state index contributed by atoms with van der Waals surface area (Å²) in [5.74, 6) is -0.357. The van der Waals surface area contributed by atoms with Crippen LogP contribution >= 0.6 is 27.3 Å². The van der Waals surface area contributed by atoms with Gasteiger partial charge in [-0.2, -0.15) is 20.3 Å². The molecule has 1 amide bonds. The van der Waals surface area contributed by atoms with Crippen LogP contribution in [-0.4, -0.2) is 27.6 Å². The number of carbonyl (C=O) groups is 1. The van der Waals surface area contributed by atoms with Crippen LogP contribution in [-0.2, 0) is 4.79 Å². The van der Waals surface area contributed by atoms with E-state index >= 15 is 0 Å². The third-order valence-corrected chi connectivity index (χ3v) is 5.99. The predicted octanol–water partition coefficient (Wildman–Crippen LogP) is 5.66. The van der Waals surface area contributed by atoms with Crippen LogP contribution in [0.15, 0.2) is 67.6 Å². The molecule has 1 aliphatic rings. The van der Waals surface area contributed by atoms with E-state index in [0.717, 1.165) is 16.8 Å². The smallest absolute Gasteiger partial charge is 0.269 e. The van der Waals surface area contributed by atoms with Gasteiger partial charge in [0.05, 0.1) is 26.5 Å². The number of hydrogen-bond donors (Lipinski definition) is 0. The molecular formula is C20H15BrN6O3S. The molecule has 0 spiro atoms. The molecule has 4 rings (SSSR count). The van der Waals surface area contributed by atoms with Crippen molar-refractivity contribution in [2.24, 2.45) is 15.3 Å². The number of aromatic nitrogens is 1. The number of anilines is 1. The number of halogens is 1. The number of amides is 1. The highest BCUT2D eigenvalue weighted by Crippen LogP contribution is 2.32. The number of non-ortho nitro benzene ring substituents is 1. The second kappa shape index (κ2) is 8.44. The van der Waals surface area contributed by atoms with E-state index in [1.165, 1.54) is 34.5 Å². The topological polar surface area (TPSA) is 113 Å². The predicted molar refractivity (Wildman–Crippen MR) is 122 cm³/mol. The Labute approximate surface area is 189 Å². The zero-order valence-corrected chi connectivity index (χ0v) is 18.8. The number of benzene rings is 2. The van der Waals surface area contributed by atoms with Crippen molar-refractivity contribution in [3.8, 4) is 11.3 Å². The number of azo groups is 1. The molecule has 0 aliphatic carbocycles. The van der Waals surface area contributed by atoms with Crippen LogP contribution in [0.4, 0.5) is 16.5 Å². The molecule has 0 saturated carbocycles. The van der Waals surface area contributed by atoms with E-state index in [1.54, 1.807) is 6.92 Å². The van der Waals surface area contributed by atoms with Crippen LogP contribution in [0.1, 0.15) is 12.5 Å². The number of hydrogen-bond acceptors (Lipinski definition) is 8. The first-order chi connectivity index (χ1) is 14.8. The van der Waals surface area contributed by atoms with Gasteiger partial charge in [0.2, 0.25) is 5.13 Å². The van der Waals surface area contributed by atoms with Crippen LogP contribution in [0.3, 0.4) is 0 Å². The van der Waals surface area contributed by atoms with Gasteiger partial charge in [-0.05, 0) is 35.8 Å². The van der Waals surface area contributed by atoms with Gasteiger partial charge in [-0.25, -0.2) is 4.98 Å². The molecule has 0 radical (unpaired) electrons. The van der Waals surface area contributed by atoms with E-state index in [2.05, 4.69) is 36.2 Å². The van der Waals surface area contributed by atoms with Gasteiger partial charge in [0.15, 0.2) is 6.04 Å². The fourth-order valence-electron chi connectivity index (χ4n) is 2.86. The third kappa shape index (κ3) is 4.28. The van der Waals surface area contributed by atoms with Crippen LogP contribution in [0.2, 0.25) is 0 Å². The second-order valence-electron chi connectivity index (χ2n) is 6.78. The van der Waals surface area contributed by atoms with Crippen molar-refractivity contribution >= 4 is 55.4 Å². The number of rotatable bonds is 5. The molecule has 0 bridgehead atoms. The summed E-state index contributed by atoms with van der Waals surface area (Å²) in [6, 6.07) is 11.2. The van der Waals surface area contributed by atoms with E-state index in [-0.39, 0.29) is 11.6 Å². The fraction of sp³-hybridized carbons (Fsp3) is 0.150. The maximum Gasteiger partial charge on any atom is 0.282 e. The molecule has 3 aromatic rings. The van der Waals surface area contributed by atoms with Crippen LogP contribution in [0, 0.1) is 17.0 Å². The van der Waals surface area contributed by atoms with Gasteiger partial charge in [0.1, 0.15) is 0 Å². The van der Waals surface area contributed by atoms with Gasteiger partial charge in [-0.15, -0.1) is 11.3 Å². The summed E-state index contributed by atoms with van der Waals surface area (Å²) in [5, 5.41) is 26.9. The molecule has 2 aromatic carbocycles. The number of aryl methyl sites for hydroxylation is 1. The molecule has 11 heteroatoms. The average molecular weight is 499 g/mol. The minimum Gasteiger partial charge on any atom is -0.269 e. The molecular weight excluding hydrogens is 484 g/mol. The first kappa shape index (κ1) is 20.9. The lowest BCUT2D eigenvalue weighted by Gasteiger charge is -2.08. The minimum absolute atomic E-state index is 0.0696. The maximum absolute atomic E-state index is 12.9. The molecule has 1 aliphatic heterocycles. The summed E-state index contributed by atoms with van der Waals surface area (Å²) in [7, 11) is 0. The van der Waals surface area contributed by atoms with Gasteiger partial charge in [-0.1, -0.05) is 29.8 Å². The molecule has 2 heterocycles. The monoisotopic (exact) mass is 498 g/mol. The standard InChI is InChI=1S/C20H15BrN6O3S/c1-11-3-5-13(6-4-11)17-10-31-20(22-17)26-19(28)18(12(2)25-26)24-23-16-8-7-14(27(29)30)9-15(16)21/h3-10,18H,1-2H3. The van der Waals surface area contributed by atoms with Crippen molar-refractivity contribution in [3.63, 3.8) is 0 Å². The molecule has 1 aromatic heterocycles. The number of carbonyl (C=O) groups excluding carboxylic acids is 1. The van der Waals surface area contributed by atoms with Gasteiger partial charge >= 0.3 is 0 Å². The van der Waals surface area contributed by atoms with E-state index in [1.807, 2.05) is 36.6 Å². The van der Waals surface area contributed by atoms with Crippen LogP contribution < -0.4 is 5.01 Å². The lowest BCUT2D eigenvalue weighted by atomic mass is 10.1. The first-order valence-corrected chi connectivity index (χ1v) is 10.8. The number of hydrazone groups is 1. The van der Waals surface area contributed by atoms with Crippen molar-refractivity contribution in [3.05, 3.63) is 68.0 Å². The van der Waals surface area contributed by atoms with Crippen molar-refractivity contribution < 1.29 is 9.72 Å². The van der Waals surface area contributed by atoms with Crippen molar-refractivity contribution in [2.45, 2.75) is 19.9 Å². The summed E-state index contributed by atoms with van der Waals surface area (Å²) in [5.41, 5.74) is 3.67. The SMILES string of the molecule is CC1=NN(c2nc(-c3ccc(C)cc3)cs2)C(=O)C1N=Nc1ccc([N+](=O)[O-])cc1Br. The molecule has 0 N–H and O–H groups in total. The van der Waals surface area contributed by atoms with Gasteiger partial charge < -0.3 is 0 Å². The van der Waals surface area contributed by atoms with Gasteiger partial charge in [0.25, 0.3) is 11.6 Å². The van der Waals surface area contributed by atoms with Gasteiger partial charge in [-0.3, -0.25) is 14.9 Å². The minimum atomic E-state index is -0.881. The Bertz CT molecular complexity index is 1240. The Morgan fingerprint density at radius 2 is 1.94 bits per heavy atom. The summed E-state index contributed by atoms with van der Waals surface area (Å²) in [6.07, 6.45) is 0. The van der Waals surface area contributed by atoms with Crippen molar-refractivity contribution in [1.29, 1.82) is 0 Å². The molecule has 1 atom stereocenters. The molecule has 31 heavy (non-hydrogen) atoms. The van der Waals surface area contributed by atoms with E-state index in [9.17, 15) is 14.9 Å². The first-order valence-electron chi connectivity index (χ1n) is 9.10. The molecule has 0 fully saturated rings. The van der Waals surface area contributed by atoms with Crippen LogP contribution in [0.5, 0.6) is 0 Å². The normalized spacial score (nSPS) is 16.2. The number of nitrogens with zero attached hydrogens (tertiary/aromatic N) is 6. The highest BCUT2D eigenvalue weighted by Gasteiger charge is 2.36. The second-order valence-corrected chi connectivity index (χ2v) is 8.47. The highest BCUT2D eigenvalue weighted by atomic mass is 79.9. The Morgan fingerprint density at radius 1 is 1.19 bits per heavy atom. The molecule has 9 nitrogen and oxygen atoms in total. The lowest BCUT2D eigenvalue weighted by Crippen LogP contribution is -2.29. The van der Waals surface area contributed by atoms with E-state index in [4.69, 9.17) is 0 Å². The maximum atomic E-state index is 12.9. The average Bonchev–Trinajstić information content (AvgIpc) is 3.33. The van der Waals surface area contributed by atoms with E-state index < -0.39 is 11.0 Å². The Kier molecular flexibility index (Phi) is 5.70.